The topological polar surface area (TPSA) is 44.8 Å². The fraction of sp³-hybridized carbons (Fsp3) is 0.421. The Balaban J connectivity index is 2.24. The van der Waals surface area contributed by atoms with Crippen LogP contribution in [-0.2, 0) is 9.53 Å². The average Bonchev–Trinajstić information content (AvgIpc) is 2.52. The number of benzene rings is 1. The molecule has 2 rings (SSSR count). The molecule has 0 bridgehead atoms. The van der Waals surface area contributed by atoms with Gasteiger partial charge in [0.2, 0.25) is 5.79 Å². The van der Waals surface area contributed by atoms with Crippen LogP contribution in [0.2, 0.25) is 0 Å². The van der Waals surface area contributed by atoms with E-state index in [9.17, 15) is 4.79 Å². The third kappa shape index (κ3) is 4.23. The monoisotopic (exact) mass is 316 g/mol. The molecule has 0 N–H and O–H groups in total. The molecule has 1 atom stereocenters. The molecule has 0 aliphatic carbocycles. The number of rotatable bonds is 6. The summed E-state index contributed by atoms with van der Waals surface area (Å²) in [5, 5.41) is 0. The van der Waals surface area contributed by atoms with Crippen LogP contribution in [0.1, 0.15) is 33.3 Å². The van der Waals surface area contributed by atoms with E-state index < -0.39 is 5.79 Å². The highest BCUT2D eigenvalue weighted by molar-refractivity contribution is 5.74. The largest absolute Gasteiger partial charge is 0.483 e. The van der Waals surface area contributed by atoms with Crippen molar-refractivity contribution in [3.05, 3.63) is 41.5 Å². The van der Waals surface area contributed by atoms with Gasteiger partial charge in [0, 0.05) is 5.92 Å². The number of fused-ring (bicyclic) bond motifs is 1. The molecule has 0 saturated heterocycles. The van der Waals surface area contributed by atoms with Gasteiger partial charge >= 0.3 is 0 Å². The summed E-state index contributed by atoms with van der Waals surface area (Å²) >= 11 is 0. The van der Waals surface area contributed by atoms with E-state index in [1.807, 2.05) is 52.0 Å². The highest BCUT2D eigenvalue weighted by atomic mass is 16.7. The summed E-state index contributed by atoms with van der Waals surface area (Å²) in [7, 11) is 0. The Morgan fingerprint density at radius 2 is 2.13 bits per heavy atom. The SMILES string of the molecule is CC(C)=CCOC1(C(C)C)COc2ccc(/C=C/C=O)cc2O1. The Kier molecular flexibility index (Phi) is 5.61. The lowest BCUT2D eigenvalue weighted by Crippen LogP contribution is -2.51. The van der Waals surface area contributed by atoms with Gasteiger partial charge in [0.25, 0.3) is 0 Å². The second kappa shape index (κ2) is 7.47. The first kappa shape index (κ1) is 17.3. The van der Waals surface area contributed by atoms with Gasteiger partial charge in [-0.15, -0.1) is 0 Å². The van der Waals surface area contributed by atoms with Crippen molar-refractivity contribution in [3.8, 4) is 11.5 Å². The normalized spacial score (nSPS) is 19.9. The smallest absolute Gasteiger partial charge is 0.247 e. The number of hydrogen-bond donors (Lipinski definition) is 0. The molecule has 23 heavy (non-hydrogen) atoms. The van der Waals surface area contributed by atoms with Gasteiger partial charge in [-0.05, 0) is 37.6 Å². The Labute approximate surface area is 137 Å². The van der Waals surface area contributed by atoms with Crippen LogP contribution in [0.5, 0.6) is 11.5 Å². The van der Waals surface area contributed by atoms with Crippen molar-refractivity contribution in [1.82, 2.24) is 0 Å². The van der Waals surface area contributed by atoms with Crippen molar-refractivity contribution in [3.63, 3.8) is 0 Å². The molecule has 0 aromatic heterocycles. The van der Waals surface area contributed by atoms with Crippen molar-refractivity contribution in [2.24, 2.45) is 5.92 Å². The molecule has 4 heteroatoms. The molecule has 0 saturated carbocycles. The van der Waals surface area contributed by atoms with Gasteiger partial charge in [-0.3, -0.25) is 4.79 Å². The number of ether oxygens (including phenoxy) is 3. The predicted molar refractivity (Wildman–Crippen MR) is 90.6 cm³/mol. The Hall–Kier alpha value is -2.07. The van der Waals surface area contributed by atoms with E-state index in [-0.39, 0.29) is 5.92 Å². The van der Waals surface area contributed by atoms with Gasteiger partial charge in [0.05, 0.1) is 6.61 Å². The fourth-order valence-electron chi connectivity index (χ4n) is 2.24. The van der Waals surface area contributed by atoms with Gasteiger partial charge in [-0.25, -0.2) is 0 Å². The maximum Gasteiger partial charge on any atom is 0.247 e. The molecule has 1 heterocycles. The van der Waals surface area contributed by atoms with Crippen LogP contribution in [0.3, 0.4) is 0 Å². The molecule has 1 aliphatic rings. The van der Waals surface area contributed by atoms with Gasteiger partial charge < -0.3 is 14.2 Å². The van der Waals surface area contributed by atoms with Crippen molar-refractivity contribution in [2.45, 2.75) is 33.5 Å². The van der Waals surface area contributed by atoms with Crippen LogP contribution in [0.25, 0.3) is 6.08 Å². The quantitative estimate of drug-likeness (QED) is 0.452. The molecule has 0 fully saturated rings. The molecule has 0 radical (unpaired) electrons. The first-order valence-corrected chi connectivity index (χ1v) is 7.82. The first-order chi connectivity index (χ1) is 11.0. The fourth-order valence-corrected chi connectivity index (χ4v) is 2.24. The summed E-state index contributed by atoms with van der Waals surface area (Å²) in [5.41, 5.74) is 2.07. The Morgan fingerprint density at radius 3 is 2.78 bits per heavy atom. The van der Waals surface area contributed by atoms with E-state index >= 15 is 0 Å². The van der Waals surface area contributed by atoms with E-state index in [0.717, 1.165) is 11.8 Å². The second-order valence-electron chi connectivity index (χ2n) is 6.15. The third-order valence-electron chi connectivity index (χ3n) is 3.75. The van der Waals surface area contributed by atoms with Crippen LogP contribution in [0.4, 0.5) is 0 Å². The van der Waals surface area contributed by atoms with Crippen LogP contribution in [0.15, 0.2) is 35.9 Å². The standard InChI is InChI=1S/C19H24O4/c1-14(2)9-11-22-19(15(3)4)13-21-17-8-7-16(6-5-10-20)12-18(17)23-19/h5-10,12,15H,11,13H2,1-4H3/b6-5+. The minimum absolute atomic E-state index is 0.121. The molecule has 1 aliphatic heterocycles. The van der Waals surface area contributed by atoms with Gasteiger partial charge in [-0.2, -0.15) is 0 Å². The molecule has 0 amide bonds. The number of carbonyl (C=O) groups is 1. The third-order valence-corrected chi connectivity index (χ3v) is 3.75. The van der Waals surface area contributed by atoms with Gasteiger partial charge in [0.1, 0.15) is 6.29 Å². The summed E-state index contributed by atoms with van der Waals surface area (Å²) in [5.74, 6) is 0.632. The summed E-state index contributed by atoms with van der Waals surface area (Å²) in [6.45, 7) is 8.98. The van der Waals surface area contributed by atoms with Crippen LogP contribution >= 0.6 is 0 Å². The highest BCUT2D eigenvalue weighted by Gasteiger charge is 2.42. The van der Waals surface area contributed by atoms with E-state index in [4.69, 9.17) is 14.2 Å². The van der Waals surface area contributed by atoms with Crippen LogP contribution < -0.4 is 9.47 Å². The zero-order chi connectivity index (χ0) is 16.9. The van der Waals surface area contributed by atoms with E-state index in [2.05, 4.69) is 0 Å². The minimum atomic E-state index is -0.814. The minimum Gasteiger partial charge on any atom is -0.483 e. The molecule has 1 unspecified atom stereocenters. The number of carbonyl (C=O) groups excluding carboxylic acids is 1. The van der Waals surface area contributed by atoms with Crippen molar-refractivity contribution >= 4 is 12.4 Å². The lowest BCUT2D eigenvalue weighted by molar-refractivity contribution is -0.231. The van der Waals surface area contributed by atoms with Gasteiger partial charge in [-0.1, -0.05) is 37.6 Å². The molecular formula is C19H24O4. The summed E-state index contributed by atoms with van der Waals surface area (Å²) in [4.78, 5) is 10.5. The van der Waals surface area contributed by atoms with Crippen LogP contribution in [-0.4, -0.2) is 25.3 Å². The number of allylic oxidation sites excluding steroid dienone is 2. The van der Waals surface area contributed by atoms with Crippen molar-refractivity contribution in [2.75, 3.05) is 13.2 Å². The molecular weight excluding hydrogens is 292 g/mol. The molecule has 1 aromatic carbocycles. The van der Waals surface area contributed by atoms with E-state index in [0.29, 0.717) is 24.7 Å². The first-order valence-electron chi connectivity index (χ1n) is 7.82. The van der Waals surface area contributed by atoms with Crippen molar-refractivity contribution in [1.29, 1.82) is 0 Å². The zero-order valence-electron chi connectivity index (χ0n) is 14.2. The Bertz CT molecular complexity index is 612. The zero-order valence-corrected chi connectivity index (χ0v) is 14.2. The predicted octanol–water partition coefficient (Wildman–Crippen LogP) is 4.01. The summed E-state index contributed by atoms with van der Waals surface area (Å²) < 4.78 is 18.1. The summed E-state index contributed by atoms with van der Waals surface area (Å²) in [6.07, 6.45) is 5.95. The molecule has 124 valence electrons. The van der Waals surface area contributed by atoms with Gasteiger partial charge in [0.15, 0.2) is 18.1 Å². The van der Waals surface area contributed by atoms with E-state index in [1.165, 1.54) is 11.6 Å². The van der Waals surface area contributed by atoms with Crippen LogP contribution in [0, 0.1) is 5.92 Å². The molecule has 1 aromatic rings. The maximum atomic E-state index is 10.5. The van der Waals surface area contributed by atoms with E-state index in [1.54, 1.807) is 6.08 Å². The lowest BCUT2D eigenvalue weighted by atomic mass is 10.0. The number of hydrogen-bond acceptors (Lipinski definition) is 4. The molecule has 0 spiro atoms. The Morgan fingerprint density at radius 1 is 1.35 bits per heavy atom. The average molecular weight is 316 g/mol. The number of aldehydes is 1. The van der Waals surface area contributed by atoms with Crippen molar-refractivity contribution < 1.29 is 19.0 Å². The molecule has 4 nitrogen and oxygen atoms in total. The maximum absolute atomic E-state index is 10.5. The summed E-state index contributed by atoms with van der Waals surface area (Å²) in [6, 6.07) is 5.59. The lowest BCUT2D eigenvalue weighted by Gasteiger charge is -2.40. The second-order valence-corrected chi connectivity index (χ2v) is 6.15. The highest BCUT2D eigenvalue weighted by Crippen LogP contribution is 2.39.